The Bertz CT molecular complexity index is 645. The lowest BCUT2D eigenvalue weighted by Gasteiger charge is -2.42. The van der Waals surface area contributed by atoms with Crippen molar-refractivity contribution < 1.29 is 22.9 Å². The van der Waals surface area contributed by atoms with Crippen LogP contribution in [0.5, 0.6) is 0 Å². The van der Waals surface area contributed by atoms with Crippen LogP contribution in [0.25, 0.3) is 0 Å². The van der Waals surface area contributed by atoms with E-state index in [-0.39, 0.29) is 30.6 Å². The maximum atomic E-state index is 12.6. The van der Waals surface area contributed by atoms with Gasteiger partial charge in [-0.15, -0.1) is 0 Å². The maximum absolute atomic E-state index is 12.6. The number of nitro groups is 1. The summed E-state index contributed by atoms with van der Waals surface area (Å²) in [7, 11) is 0. The Balaban J connectivity index is 1.88. The molecular formula is C14H13F3N2O3. The summed E-state index contributed by atoms with van der Waals surface area (Å²) in [5.41, 5.74) is 1.62. The lowest BCUT2D eigenvalue weighted by molar-refractivity contribution is -0.385. The molecule has 0 aromatic heterocycles. The SMILES string of the molecule is O=C(N1CC2Cc3cc([N+](=O)[O-])ccc3C(C2)C1)C(F)(F)F. The Hall–Kier alpha value is -2.12. The molecule has 0 saturated carbocycles. The third kappa shape index (κ3) is 2.53. The number of piperidine rings is 1. The minimum absolute atomic E-state index is 0.0121. The van der Waals surface area contributed by atoms with Gasteiger partial charge in [-0.25, -0.2) is 0 Å². The second-order valence-electron chi connectivity index (χ2n) is 5.85. The molecule has 5 nitrogen and oxygen atoms in total. The maximum Gasteiger partial charge on any atom is 0.471 e. The average molecular weight is 314 g/mol. The van der Waals surface area contributed by atoms with Gasteiger partial charge in [-0.1, -0.05) is 6.07 Å². The molecule has 1 aliphatic heterocycles. The van der Waals surface area contributed by atoms with E-state index in [0.717, 1.165) is 16.0 Å². The van der Waals surface area contributed by atoms with Crippen molar-refractivity contribution in [3.05, 3.63) is 39.4 Å². The zero-order valence-corrected chi connectivity index (χ0v) is 11.5. The third-order valence-electron chi connectivity index (χ3n) is 4.35. The molecule has 2 aliphatic rings. The molecule has 2 unspecified atom stereocenters. The monoisotopic (exact) mass is 314 g/mol. The summed E-state index contributed by atoms with van der Waals surface area (Å²) in [5, 5.41) is 10.8. The van der Waals surface area contributed by atoms with E-state index in [4.69, 9.17) is 0 Å². The molecule has 2 atom stereocenters. The number of fused-ring (bicyclic) bond motifs is 4. The van der Waals surface area contributed by atoms with Crippen LogP contribution in [0.15, 0.2) is 18.2 Å². The number of alkyl halides is 3. The predicted octanol–water partition coefficient (Wildman–Crippen LogP) is 2.65. The Morgan fingerprint density at radius 3 is 2.68 bits per heavy atom. The fourth-order valence-corrected chi connectivity index (χ4v) is 3.51. The van der Waals surface area contributed by atoms with Crippen LogP contribution in [0.4, 0.5) is 18.9 Å². The van der Waals surface area contributed by atoms with E-state index in [1.54, 1.807) is 6.07 Å². The predicted molar refractivity (Wildman–Crippen MR) is 70.3 cm³/mol. The molecule has 3 rings (SSSR count). The van der Waals surface area contributed by atoms with Crippen molar-refractivity contribution in [1.29, 1.82) is 0 Å². The number of amides is 1. The van der Waals surface area contributed by atoms with Crippen LogP contribution in [0, 0.1) is 16.0 Å². The number of carbonyl (C=O) groups is 1. The number of carbonyl (C=O) groups excluding carboxylic acids is 1. The molecular weight excluding hydrogens is 301 g/mol. The first-order valence-electron chi connectivity index (χ1n) is 6.89. The Morgan fingerprint density at radius 2 is 2.05 bits per heavy atom. The second-order valence-corrected chi connectivity index (χ2v) is 5.85. The molecule has 1 amide bonds. The van der Waals surface area contributed by atoms with E-state index in [1.165, 1.54) is 12.1 Å². The highest BCUT2D eigenvalue weighted by Crippen LogP contribution is 2.41. The van der Waals surface area contributed by atoms with Gasteiger partial charge in [-0.05, 0) is 29.9 Å². The summed E-state index contributed by atoms with van der Waals surface area (Å²) < 4.78 is 37.7. The molecule has 0 radical (unpaired) electrons. The minimum Gasteiger partial charge on any atom is -0.334 e. The number of rotatable bonds is 1. The first-order chi connectivity index (χ1) is 10.3. The Morgan fingerprint density at radius 1 is 1.32 bits per heavy atom. The fraction of sp³-hybridized carbons (Fsp3) is 0.500. The number of hydrogen-bond acceptors (Lipinski definition) is 3. The molecule has 1 saturated heterocycles. The van der Waals surface area contributed by atoms with Crippen LogP contribution >= 0.6 is 0 Å². The average Bonchev–Trinajstić information content (AvgIpc) is 2.44. The van der Waals surface area contributed by atoms with Crippen LogP contribution < -0.4 is 0 Å². The Labute approximate surface area is 123 Å². The number of nitro benzene ring substituents is 1. The highest BCUT2D eigenvalue weighted by molar-refractivity contribution is 5.82. The van der Waals surface area contributed by atoms with Crippen LogP contribution in [0.1, 0.15) is 23.5 Å². The molecule has 1 fully saturated rings. The van der Waals surface area contributed by atoms with Crippen molar-refractivity contribution in [1.82, 2.24) is 4.90 Å². The van der Waals surface area contributed by atoms with Gasteiger partial charge < -0.3 is 4.90 Å². The summed E-state index contributed by atoms with van der Waals surface area (Å²) in [4.78, 5) is 22.6. The molecule has 1 heterocycles. The van der Waals surface area contributed by atoms with E-state index < -0.39 is 17.0 Å². The lowest BCUT2D eigenvalue weighted by atomic mass is 9.74. The Kier molecular flexibility index (Phi) is 3.34. The van der Waals surface area contributed by atoms with Gasteiger partial charge in [0, 0.05) is 31.1 Å². The van der Waals surface area contributed by atoms with E-state index in [9.17, 15) is 28.1 Å². The van der Waals surface area contributed by atoms with Gasteiger partial charge in [0.1, 0.15) is 0 Å². The van der Waals surface area contributed by atoms with Crippen molar-refractivity contribution in [2.75, 3.05) is 13.1 Å². The van der Waals surface area contributed by atoms with Crippen LogP contribution in [0.3, 0.4) is 0 Å². The third-order valence-corrected chi connectivity index (χ3v) is 4.35. The molecule has 1 aromatic carbocycles. The standard InChI is InChI=1S/C14H13F3N2O3/c15-14(16,17)13(20)18-6-8-3-9-5-11(19(21)22)1-2-12(9)10(4-8)7-18/h1-2,5,8,10H,3-4,6-7H2. The zero-order valence-electron chi connectivity index (χ0n) is 11.5. The molecule has 22 heavy (non-hydrogen) atoms. The van der Waals surface area contributed by atoms with Gasteiger partial charge >= 0.3 is 12.1 Å². The smallest absolute Gasteiger partial charge is 0.334 e. The normalized spacial score (nSPS) is 23.9. The largest absolute Gasteiger partial charge is 0.471 e. The highest BCUT2D eigenvalue weighted by atomic mass is 19.4. The molecule has 118 valence electrons. The number of benzene rings is 1. The number of hydrogen-bond donors (Lipinski definition) is 0. The highest BCUT2D eigenvalue weighted by Gasteiger charge is 2.46. The topological polar surface area (TPSA) is 63.5 Å². The summed E-state index contributed by atoms with van der Waals surface area (Å²) in [6, 6.07) is 4.47. The first-order valence-corrected chi connectivity index (χ1v) is 6.89. The molecule has 0 N–H and O–H groups in total. The molecule has 2 bridgehead atoms. The van der Waals surface area contributed by atoms with Gasteiger partial charge in [0.2, 0.25) is 0 Å². The van der Waals surface area contributed by atoms with Gasteiger partial charge in [0.25, 0.3) is 5.69 Å². The van der Waals surface area contributed by atoms with Gasteiger partial charge in [0.05, 0.1) is 4.92 Å². The van der Waals surface area contributed by atoms with Crippen molar-refractivity contribution >= 4 is 11.6 Å². The van der Waals surface area contributed by atoms with Gasteiger partial charge in [-0.3, -0.25) is 14.9 Å². The van der Waals surface area contributed by atoms with Gasteiger partial charge in [0.15, 0.2) is 0 Å². The van der Waals surface area contributed by atoms with Crippen molar-refractivity contribution in [2.45, 2.75) is 24.9 Å². The van der Waals surface area contributed by atoms with Crippen molar-refractivity contribution in [2.24, 2.45) is 5.92 Å². The number of likely N-dealkylation sites (tertiary alicyclic amines) is 1. The summed E-state index contributed by atoms with van der Waals surface area (Å²) >= 11 is 0. The lowest BCUT2D eigenvalue weighted by Crippen LogP contribution is -2.50. The summed E-state index contributed by atoms with van der Waals surface area (Å²) in [6.07, 6.45) is -3.68. The van der Waals surface area contributed by atoms with Crippen LogP contribution in [-0.2, 0) is 11.2 Å². The molecule has 0 spiro atoms. The minimum atomic E-state index is -4.86. The van der Waals surface area contributed by atoms with Crippen molar-refractivity contribution in [3.63, 3.8) is 0 Å². The number of non-ortho nitro benzene ring substituents is 1. The molecule has 8 heteroatoms. The quantitative estimate of drug-likeness (QED) is 0.591. The first kappa shape index (κ1) is 14.8. The summed E-state index contributed by atoms with van der Waals surface area (Å²) in [6.45, 7) is 0.0661. The zero-order chi connectivity index (χ0) is 16.1. The summed E-state index contributed by atoms with van der Waals surface area (Å²) in [5.74, 6) is -2.07. The van der Waals surface area contributed by atoms with Crippen molar-refractivity contribution in [3.8, 4) is 0 Å². The molecule has 1 aromatic rings. The number of nitrogens with zero attached hydrogens (tertiary/aromatic N) is 2. The molecule has 1 aliphatic carbocycles. The van der Waals surface area contributed by atoms with Crippen LogP contribution in [0.2, 0.25) is 0 Å². The van der Waals surface area contributed by atoms with Crippen LogP contribution in [-0.4, -0.2) is 35.0 Å². The van der Waals surface area contributed by atoms with E-state index in [2.05, 4.69) is 0 Å². The van der Waals surface area contributed by atoms with E-state index in [0.29, 0.717) is 12.8 Å². The van der Waals surface area contributed by atoms with E-state index in [1.807, 2.05) is 0 Å². The van der Waals surface area contributed by atoms with E-state index >= 15 is 0 Å². The fourth-order valence-electron chi connectivity index (χ4n) is 3.51. The second kappa shape index (κ2) is 4.96. The number of halogens is 3. The van der Waals surface area contributed by atoms with Gasteiger partial charge in [-0.2, -0.15) is 13.2 Å².